The van der Waals surface area contributed by atoms with E-state index in [0.717, 1.165) is 0 Å². The third-order valence-electron chi connectivity index (χ3n) is 0.675. The van der Waals surface area contributed by atoms with Gasteiger partial charge in [0.05, 0.1) is 0 Å². The van der Waals surface area contributed by atoms with Gasteiger partial charge in [0, 0.05) is 0 Å². The maximum absolute atomic E-state index is 5.34. The van der Waals surface area contributed by atoms with E-state index in [4.69, 9.17) is 4.22 Å². The molecule has 36 valence electrons. The van der Waals surface area contributed by atoms with E-state index >= 15 is 0 Å². The van der Waals surface area contributed by atoms with Crippen molar-refractivity contribution in [3.8, 4) is 0 Å². The predicted molar refractivity (Wildman–Crippen MR) is 23.9 cm³/mol. The van der Waals surface area contributed by atoms with Crippen LogP contribution in [-0.2, 0) is 19.4 Å². The minimum absolute atomic E-state index is 0.00181. The summed E-state index contributed by atoms with van der Waals surface area (Å²) in [6.07, 6.45) is 2.65. The summed E-state index contributed by atoms with van der Waals surface area (Å²) in [7, 11) is 0. The van der Waals surface area contributed by atoms with Gasteiger partial charge in [-0.1, -0.05) is 0 Å². The fourth-order valence-corrected chi connectivity index (χ4v) is 1.15. The zero-order valence-corrected chi connectivity index (χ0v) is 5.76. The van der Waals surface area contributed by atoms with Crippen molar-refractivity contribution in [2.24, 2.45) is 4.22 Å². The summed E-state index contributed by atoms with van der Waals surface area (Å²) >= 11 is -0.00181. The van der Waals surface area contributed by atoms with E-state index in [1.165, 1.54) is 17.6 Å². The van der Waals surface area contributed by atoms with Crippen LogP contribution in [0.5, 0.6) is 0 Å². The Labute approximate surface area is 48.5 Å². The SMILES string of the molecule is CCC[CH2][Ti][NH2]. The second kappa shape index (κ2) is 5.67. The fourth-order valence-electron chi connectivity index (χ4n) is 0.279. The van der Waals surface area contributed by atoms with E-state index in [1.54, 1.807) is 0 Å². The molecule has 0 unspecified atom stereocenters. The quantitative estimate of drug-likeness (QED) is 0.440. The predicted octanol–water partition coefficient (Wildman–Crippen LogP) is 1.16. The van der Waals surface area contributed by atoms with Crippen LogP contribution in [0.3, 0.4) is 0 Å². The molecule has 0 radical (unpaired) electrons. The number of hydrogen-bond acceptors (Lipinski definition) is 1. The fraction of sp³-hybridized carbons (Fsp3) is 1.00. The standard InChI is InChI=1S/C4H9.H2N.Ti/c1-3-4-2;;/h1,3-4H2,2H3;1H2;/q;-1;+1. The van der Waals surface area contributed by atoms with Crippen molar-refractivity contribution < 1.29 is 19.4 Å². The van der Waals surface area contributed by atoms with Gasteiger partial charge < -0.3 is 0 Å². The Morgan fingerprint density at radius 3 is 2.50 bits per heavy atom. The molecular weight excluding hydrogens is 110 g/mol. The van der Waals surface area contributed by atoms with Gasteiger partial charge in [0.15, 0.2) is 0 Å². The summed E-state index contributed by atoms with van der Waals surface area (Å²) in [6, 6.07) is 0. The molecule has 0 fully saturated rings. The average molecular weight is 121 g/mol. The van der Waals surface area contributed by atoms with Crippen LogP contribution in [0, 0.1) is 0 Å². The molecule has 0 amide bonds. The Morgan fingerprint density at radius 2 is 2.33 bits per heavy atom. The van der Waals surface area contributed by atoms with Gasteiger partial charge in [-0.2, -0.15) is 0 Å². The van der Waals surface area contributed by atoms with Gasteiger partial charge >= 0.3 is 48.1 Å². The summed E-state index contributed by atoms with van der Waals surface area (Å²) in [5, 5.41) is 0. The summed E-state index contributed by atoms with van der Waals surface area (Å²) in [5.41, 5.74) is 0. The number of nitrogens with two attached hydrogens (primary N) is 1. The van der Waals surface area contributed by atoms with E-state index in [2.05, 4.69) is 6.92 Å². The Hall–Kier alpha value is 0.674. The molecule has 0 atom stereocenters. The zero-order chi connectivity index (χ0) is 4.83. The molecular formula is C4H11NTi. The summed E-state index contributed by atoms with van der Waals surface area (Å²) in [5.74, 6) is 0. The Morgan fingerprint density at radius 1 is 1.67 bits per heavy atom. The van der Waals surface area contributed by atoms with Crippen LogP contribution in [0.4, 0.5) is 0 Å². The Balaban J connectivity index is 2.34. The first-order valence-corrected chi connectivity index (χ1v) is 4.36. The van der Waals surface area contributed by atoms with Gasteiger partial charge in [-0.25, -0.2) is 0 Å². The van der Waals surface area contributed by atoms with Crippen molar-refractivity contribution in [3.63, 3.8) is 0 Å². The van der Waals surface area contributed by atoms with Gasteiger partial charge in [0.25, 0.3) is 0 Å². The van der Waals surface area contributed by atoms with Crippen LogP contribution in [0.15, 0.2) is 0 Å². The van der Waals surface area contributed by atoms with Crippen LogP contribution >= 0.6 is 0 Å². The Bertz CT molecular complexity index is 19.5. The third kappa shape index (κ3) is 4.67. The zero-order valence-electron chi connectivity index (χ0n) is 4.20. The van der Waals surface area contributed by atoms with Crippen LogP contribution < -0.4 is 4.22 Å². The van der Waals surface area contributed by atoms with Crippen molar-refractivity contribution in [1.82, 2.24) is 0 Å². The molecule has 0 aromatic heterocycles. The molecule has 0 aromatic rings. The van der Waals surface area contributed by atoms with Gasteiger partial charge in [-0.15, -0.1) is 0 Å². The molecule has 1 nitrogen and oxygen atoms in total. The summed E-state index contributed by atoms with van der Waals surface area (Å²) in [4.78, 5) is 0. The topological polar surface area (TPSA) is 26.0 Å². The molecule has 0 rings (SSSR count). The van der Waals surface area contributed by atoms with Crippen LogP contribution in [0.25, 0.3) is 0 Å². The number of unbranched alkanes of at least 4 members (excludes halogenated alkanes) is 1. The van der Waals surface area contributed by atoms with E-state index in [9.17, 15) is 0 Å². The second-order valence-corrected chi connectivity index (χ2v) is 2.73. The molecule has 6 heavy (non-hydrogen) atoms. The first-order chi connectivity index (χ1) is 2.91. The molecule has 0 saturated heterocycles. The van der Waals surface area contributed by atoms with Crippen LogP contribution in [-0.4, -0.2) is 0 Å². The molecule has 0 aromatic carbocycles. The minimum atomic E-state index is -0.00181. The average Bonchev–Trinajstić information content (AvgIpc) is 1.61. The van der Waals surface area contributed by atoms with Gasteiger partial charge in [-0.05, 0) is 0 Å². The van der Waals surface area contributed by atoms with Crippen molar-refractivity contribution in [1.29, 1.82) is 0 Å². The van der Waals surface area contributed by atoms with Gasteiger partial charge in [0.2, 0.25) is 0 Å². The first kappa shape index (κ1) is 6.67. The van der Waals surface area contributed by atoms with E-state index in [1.807, 2.05) is 0 Å². The molecule has 0 spiro atoms. The summed E-state index contributed by atoms with van der Waals surface area (Å²) in [6.45, 7) is 2.20. The summed E-state index contributed by atoms with van der Waals surface area (Å²) < 4.78 is 6.66. The molecule has 2 N–H and O–H groups in total. The molecule has 2 heteroatoms. The van der Waals surface area contributed by atoms with Crippen molar-refractivity contribution in [2.75, 3.05) is 0 Å². The molecule has 0 bridgehead atoms. The van der Waals surface area contributed by atoms with Crippen LogP contribution in [0.2, 0.25) is 4.73 Å². The first-order valence-electron chi connectivity index (χ1n) is 2.35. The van der Waals surface area contributed by atoms with E-state index in [-0.39, 0.29) is 19.4 Å². The molecule has 0 heterocycles. The number of rotatable bonds is 3. The molecule has 0 aliphatic rings. The van der Waals surface area contributed by atoms with Gasteiger partial charge in [-0.3, -0.25) is 0 Å². The van der Waals surface area contributed by atoms with Crippen molar-refractivity contribution in [3.05, 3.63) is 0 Å². The Kier molecular flexibility index (Phi) is 6.31. The van der Waals surface area contributed by atoms with Crippen LogP contribution in [0.1, 0.15) is 19.8 Å². The van der Waals surface area contributed by atoms with E-state index in [0.29, 0.717) is 0 Å². The molecule has 0 aliphatic carbocycles. The monoisotopic (exact) mass is 121 g/mol. The molecule has 0 saturated carbocycles. The number of hydrogen-bond donors (Lipinski definition) is 1. The van der Waals surface area contributed by atoms with Crippen molar-refractivity contribution in [2.45, 2.75) is 24.5 Å². The molecule has 0 aliphatic heterocycles. The third-order valence-corrected chi connectivity index (χ3v) is 1.68. The van der Waals surface area contributed by atoms with Gasteiger partial charge in [0.1, 0.15) is 0 Å². The van der Waals surface area contributed by atoms with E-state index < -0.39 is 0 Å². The normalized spacial score (nSPS) is 8.33. The second-order valence-electron chi connectivity index (χ2n) is 1.31. The van der Waals surface area contributed by atoms with Crippen molar-refractivity contribution >= 4 is 0 Å². The maximum atomic E-state index is 5.34.